The molecule has 186 valence electrons. The third kappa shape index (κ3) is 9.66. The molecule has 0 bridgehead atoms. The first-order chi connectivity index (χ1) is 16.5. The highest BCUT2D eigenvalue weighted by molar-refractivity contribution is 5.96. The van der Waals surface area contributed by atoms with Gasteiger partial charge in [-0.05, 0) is 38.5 Å². The zero-order valence-electron chi connectivity index (χ0n) is 20.7. The molecule has 0 aliphatic rings. The predicted molar refractivity (Wildman–Crippen MR) is 131 cm³/mol. The summed E-state index contributed by atoms with van der Waals surface area (Å²) in [7, 11) is 4.74. The number of rotatable bonds is 8. The van der Waals surface area contributed by atoms with Gasteiger partial charge in [0.15, 0.2) is 5.82 Å². The number of carbonyl (C=O) groups excluding carboxylic acids is 3. The van der Waals surface area contributed by atoms with Crippen LogP contribution in [-0.2, 0) is 30.4 Å². The monoisotopic (exact) mass is 482 g/mol. The third-order valence-corrected chi connectivity index (χ3v) is 4.13. The van der Waals surface area contributed by atoms with Crippen molar-refractivity contribution in [3.63, 3.8) is 0 Å². The maximum Gasteiger partial charge on any atom is 0.412 e. The minimum atomic E-state index is -0.836. The highest BCUT2D eigenvalue weighted by Gasteiger charge is 2.17. The van der Waals surface area contributed by atoms with Gasteiger partial charge >= 0.3 is 18.0 Å². The van der Waals surface area contributed by atoms with Crippen LogP contribution in [0.4, 0.5) is 10.6 Å². The Morgan fingerprint density at radius 2 is 1.77 bits per heavy atom. The number of esters is 2. The molecule has 0 spiro atoms. The van der Waals surface area contributed by atoms with Crippen molar-refractivity contribution >= 4 is 36.0 Å². The fourth-order valence-electron chi connectivity index (χ4n) is 2.60. The predicted octanol–water partition coefficient (Wildman–Crippen LogP) is 3.34. The number of benzene rings is 1. The Kier molecular flexibility index (Phi) is 9.51. The van der Waals surface area contributed by atoms with Crippen LogP contribution in [0.2, 0.25) is 0 Å². The number of aromatic nitrogens is 2. The van der Waals surface area contributed by atoms with Crippen LogP contribution in [-0.4, -0.2) is 54.8 Å². The number of ether oxygens (including phenoxy) is 3. The van der Waals surface area contributed by atoms with E-state index < -0.39 is 23.6 Å². The van der Waals surface area contributed by atoms with E-state index in [1.807, 2.05) is 18.2 Å². The molecule has 1 N–H and O–H groups in total. The summed E-state index contributed by atoms with van der Waals surface area (Å²) in [5.74, 6) is -0.640. The molecule has 2 rings (SSSR count). The van der Waals surface area contributed by atoms with Gasteiger partial charge in [0, 0.05) is 26.2 Å². The Morgan fingerprint density at radius 1 is 1.09 bits per heavy atom. The zero-order valence-corrected chi connectivity index (χ0v) is 20.7. The lowest BCUT2D eigenvalue weighted by Gasteiger charge is -2.17. The van der Waals surface area contributed by atoms with Gasteiger partial charge in [0.25, 0.3) is 0 Å². The Bertz CT molecular complexity index is 1100. The molecule has 2 aromatic rings. The quantitative estimate of drug-likeness (QED) is 0.343. The summed E-state index contributed by atoms with van der Waals surface area (Å²) < 4.78 is 15.2. The van der Waals surface area contributed by atoms with Gasteiger partial charge in [-0.1, -0.05) is 30.3 Å². The molecule has 0 atom stereocenters. The van der Waals surface area contributed by atoms with Crippen molar-refractivity contribution < 1.29 is 28.6 Å². The van der Waals surface area contributed by atoms with Crippen molar-refractivity contribution in [3.05, 3.63) is 65.3 Å². The second-order valence-electron chi connectivity index (χ2n) is 8.51. The number of alkyl carbamates (subject to hydrolysis) is 1. The Hall–Kier alpha value is -4.21. The lowest BCUT2D eigenvalue weighted by molar-refractivity contribution is -0.148. The first-order valence-corrected chi connectivity index (χ1v) is 10.7. The zero-order chi connectivity index (χ0) is 26.0. The molecule has 0 saturated heterocycles. The van der Waals surface area contributed by atoms with E-state index in [0.29, 0.717) is 5.82 Å². The SMILES string of the molecule is COC(=O)/C(=C\c1cc(N(C)C)nc(/C=C/C(=O)OC(C)(C)C)n1)NC(=O)OCc1ccccc1. The lowest BCUT2D eigenvalue weighted by atomic mass is 10.2. The minimum absolute atomic E-state index is 0.0268. The molecule has 10 heteroatoms. The van der Waals surface area contributed by atoms with E-state index >= 15 is 0 Å². The lowest BCUT2D eigenvalue weighted by Crippen LogP contribution is -2.28. The highest BCUT2D eigenvalue weighted by Crippen LogP contribution is 2.15. The molecule has 1 aromatic carbocycles. The summed E-state index contributed by atoms with van der Waals surface area (Å²) in [6.07, 6.45) is 3.11. The molecule has 35 heavy (non-hydrogen) atoms. The molecule has 1 amide bonds. The van der Waals surface area contributed by atoms with Crippen molar-refractivity contribution in [2.24, 2.45) is 0 Å². The molecular weight excluding hydrogens is 452 g/mol. The van der Waals surface area contributed by atoms with Gasteiger partial charge in [0.2, 0.25) is 0 Å². The summed E-state index contributed by atoms with van der Waals surface area (Å²) in [5, 5.41) is 2.39. The molecular formula is C25H30N4O6. The largest absolute Gasteiger partial charge is 0.464 e. The van der Waals surface area contributed by atoms with Crippen LogP contribution in [0, 0.1) is 0 Å². The number of nitrogens with one attached hydrogen (secondary N) is 1. The minimum Gasteiger partial charge on any atom is -0.464 e. The molecule has 0 radical (unpaired) electrons. The smallest absolute Gasteiger partial charge is 0.412 e. The second-order valence-corrected chi connectivity index (χ2v) is 8.51. The number of anilines is 1. The van der Waals surface area contributed by atoms with Crippen LogP contribution in [0.1, 0.15) is 37.9 Å². The van der Waals surface area contributed by atoms with Crippen LogP contribution in [0.25, 0.3) is 12.2 Å². The number of amides is 1. The van der Waals surface area contributed by atoms with Gasteiger partial charge in [-0.3, -0.25) is 5.32 Å². The van der Waals surface area contributed by atoms with E-state index in [0.717, 1.165) is 5.56 Å². The number of carbonyl (C=O) groups is 3. The van der Waals surface area contributed by atoms with Crippen LogP contribution < -0.4 is 10.2 Å². The van der Waals surface area contributed by atoms with E-state index in [4.69, 9.17) is 14.2 Å². The highest BCUT2D eigenvalue weighted by atomic mass is 16.6. The number of methoxy groups -OCH3 is 1. The maximum atomic E-state index is 12.3. The molecule has 0 fully saturated rings. The van der Waals surface area contributed by atoms with E-state index in [1.54, 1.807) is 58.0 Å². The summed E-state index contributed by atoms with van der Waals surface area (Å²) in [6, 6.07) is 10.7. The normalized spacial score (nSPS) is 11.7. The fraction of sp³-hybridized carbons (Fsp3) is 0.320. The Morgan fingerprint density at radius 3 is 2.37 bits per heavy atom. The Labute approximate surface area is 204 Å². The van der Waals surface area contributed by atoms with Crippen LogP contribution >= 0.6 is 0 Å². The van der Waals surface area contributed by atoms with Gasteiger partial charge in [-0.15, -0.1) is 0 Å². The van der Waals surface area contributed by atoms with Crippen LogP contribution in [0.5, 0.6) is 0 Å². The van der Waals surface area contributed by atoms with Crippen LogP contribution in [0.15, 0.2) is 48.2 Å². The standard InChI is InChI=1S/C25H30N4O6/c1-25(2,3)35-22(30)13-12-20-26-18(15-21(28-20)29(4)5)14-19(23(31)33-6)27-24(32)34-16-17-10-8-7-9-11-17/h7-15H,16H2,1-6H3,(H,27,32)/b13-12+,19-14+. The molecule has 0 aliphatic carbocycles. The van der Waals surface area contributed by atoms with Crippen molar-refractivity contribution in [2.45, 2.75) is 33.0 Å². The second kappa shape index (κ2) is 12.3. The average molecular weight is 483 g/mol. The molecule has 0 unspecified atom stereocenters. The van der Waals surface area contributed by atoms with Crippen molar-refractivity contribution in [1.82, 2.24) is 15.3 Å². The van der Waals surface area contributed by atoms with Gasteiger partial charge in [-0.25, -0.2) is 24.4 Å². The summed E-state index contributed by atoms with van der Waals surface area (Å²) in [5.41, 5.74) is 0.254. The van der Waals surface area contributed by atoms with E-state index in [9.17, 15) is 14.4 Å². The molecule has 10 nitrogen and oxygen atoms in total. The fourth-order valence-corrected chi connectivity index (χ4v) is 2.60. The van der Waals surface area contributed by atoms with Gasteiger partial charge in [0.1, 0.15) is 23.7 Å². The van der Waals surface area contributed by atoms with Crippen LogP contribution in [0.3, 0.4) is 0 Å². The topological polar surface area (TPSA) is 120 Å². The molecule has 0 aliphatic heterocycles. The van der Waals surface area contributed by atoms with E-state index in [2.05, 4.69) is 15.3 Å². The summed E-state index contributed by atoms with van der Waals surface area (Å²) in [6.45, 7) is 5.31. The van der Waals surface area contributed by atoms with E-state index in [-0.39, 0.29) is 23.8 Å². The number of nitrogens with zero attached hydrogens (tertiary/aromatic N) is 3. The molecule has 0 saturated carbocycles. The first-order valence-electron chi connectivity index (χ1n) is 10.7. The molecule has 1 heterocycles. The van der Waals surface area contributed by atoms with Gasteiger partial charge in [0.05, 0.1) is 12.8 Å². The third-order valence-electron chi connectivity index (χ3n) is 4.13. The molecule has 1 aromatic heterocycles. The number of hydrogen-bond donors (Lipinski definition) is 1. The summed E-state index contributed by atoms with van der Waals surface area (Å²) in [4.78, 5) is 47.0. The maximum absolute atomic E-state index is 12.3. The van der Waals surface area contributed by atoms with Crippen molar-refractivity contribution in [1.29, 1.82) is 0 Å². The van der Waals surface area contributed by atoms with Gasteiger partial charge < -0.3 is 19.1 Å². The summed E-state index contributed by atoms with van der Waals surface area (Å²) >= 11 is 0. The number of hydrogen-bond acceptors (Lipinski definition) is 9. The Balaban J connectivity index is 2.28. The van der Waals surface area contributed by atoms with E-state index in [1.165, 1.54) is 25.3 Å². The van der Waals surface area contributed by atoms with Crippen molar-refractivity contribution in [3.8, 4) is 0 Å². The first kappa shape index (κ1) is 27.0. The van der Waals surface area contributed by atoms with Gasteiger partial charge in [-0.2, -0.15) is 0 Å². The van der Waals surface area contributed by atoms with Crippen molar-refractivity contribution in [2.75, 3.05) is 26.1 Å². The average Bonchev–Trinajstić information content (AvgIpc) is 2.80.